The standard InChI is InChI=1S/C14H25N3O/c15-14(16-11-5-1-2-6-11)17-9-10-18-13-8-4-3-7-12(13)17/h11-13H,1-10H2,(H2,15,16). The summed E-state index contributed by atoms with van der Waals surface area (Å²) in [6, 6.07) is 0.965. The molecule has 1 saturated heterocycles. The van der Waals surface area contributed by atoms with Crippen LogP contribution in [0.2, 0.25) is 0 Å². The van der Waals surface area contributed by atoms with Crippen molar-refractivity contribution in [1.29, 1.82) is 0 Å². The van der Waals surface area contributed by atoms with Gasteiger partial charge in [-0.2, -0.15) is 0 Å². The minimum Gasteiger partial charge on any atom is -0.374 e. The molecule has 4 nitrogen and oxygen atoms in total. The van der Waals surface area contributed by atoms with Gasteiger partial charge in [-0.1, -0.05) is 25.7 Å². The van der Waals surface area contributed by atoms with E-state index in [0.29, 0.717) is 18.2 Å². The van der Waals surface area contributed by atoms with Crippen molar-refractivity contribution in [3.05, 3.63) is 0 Å². The Morgan fingerprint density at radius 1 is 1.06 bits per heavy atom. The van der Waals surface area contributed by atoms with E-state index in [1.54, 1.807) is 0 Å². The summed E-state index contributed by atoms with van der Waals surface area (Å²) in [6.07, 6.45) is 10.5. The van der Waals surface area contributed by atoms with Crippen LogP contribution < -0.4 is 5.73 Å². The monoisotopic (exact) mass is 251 g/mol. The number of hydrogen-bond acceptors (Lipinski definition) is 2. The van der Waals surface area contributed by atoms with Crippen molar-refractivity contribution in [2.24, 2.45) is 10.7 Å². The van der Waals surface area contributed by atoms with Crippen molar-refractivity contribution < 1.29 is 4.74 Å². The predicted octanol–water partition coefficient (Wildman–Crippen LogP) is 1.89. The molecule has 2 unspecified atom stereocenters. The first-order valence-electron chi connectivity index (χ1n) is 7.56. The Hall–Kier alpha value is -0.770. The summed E-state index contributed by atoms with van der Waals surface area (Å²) >= 11 is 0. The molecule has 2 atom stereocenters. The van der Waals surface area contributed by atoms with E-state index in [2.05, 4.69) is 4.90 Å². The van der Waals surface area contributed by atoms with Gasteiger partial charge in [0.25, 0.3) is 0 Å². The Labute approximate surface area is 110 Å². The molecule has 0 radical (unpaired) electrons. The van der Waals surface area contributed by atoms with Gasteiger partial charge in [0.2, 0.25) is 0 Å². The molecule has 102 valence electrons. The second kappa shape index (κ2) is 5.47. The highest BCUT2D eigenvalue weighted by Gasteiger charge is 2.35. The van der Waals surface area contributed by atoms with Gasteiger partial charge in [-0.15, -0.1) is 0 Å². The molecule has 0 aromatic heterocycles. The average Bonchev–Trinajstić information content (AvgIpc) is 2.91. The van der Waals surface area contributed by atoms with Crippen LogP contribution in [-0.2, 0) is 4.74 Å². The highest BCUT2D eigenvalue weighted by atomic mass is 16.5. The molecule has 0 bridgehead atoms. The fraction of sp³-hybridized carbons (Fsp3) is 0.929. The smallest absolute Gasteiger partial charge is 0.191 e. The number of nitrogens with two attached hydrogens (primary N) is 1. The number of fused-ring (bicyclic) bond motifs is 1. The average molecular weight is 251 g/mol. The van der Waals surface area contributed by atoms with Crippen LogP contribution in [0.15, 0.2) is 4.99 Å². The zero-order chi connectivity index (χ0) is 12.4. The largest absolute Gasteiger partial charge is 0.374 e. The lowest BCUT2D eigenvalue weighted by Crippen LogP contribution is -2.57. The predicted molar refractivity (Wildman–Crippen MR) is 72.6 cm³/mol. The lowest BCUT2D eigenvalue weighted by molar-refractivity contribution is -0.0642. The van der Waals surface area contributed by atoms with Gasteiger partial charge in [-0.3, -0.25) is 0 Å². The van der Waals surface area contributed by atoms with Crippen molar-refractivity contribution in [2.75, 3.05) is 13.2 Å². The highest BCUT2D eigenvalue weighted by Crippen LogP contribution is 2.29. The van der Waals surface area contributed by atoms with E-state index in [-0.39, 0.29) is 0 Å². The Kier molecular flexibility index (Phi) is 3.73. The van der Waals surface area contributed by atoms with Crippen molar-refractivity contribution in [3.63, 3.8) is 0 Å². The maximum Gasteiger partial charge on any atom is 0.191 e. The van der Waals surface area contributed by atoms with Crippen LogP contribution >= 0.6 is 0 Å². The summed E-state index contributed by atoms with van der Waals surface area (Å²) in [5.41, 5.74) is 6.26. The number of hydrogen-bond donors (Lipinski definition) is 1. The molecule has 0 amide bonds. The topological polar surface area (TPSA) is 50.8 Å². The summed E-state index contributed by atoms with van der Waals surface area (Å²) < 4.78 is 5.88. The summed E-state index contributed by atoms with van der Waals surface area (Å²) in [6.45, 7) is 1.73. The zero-order valence-corrected chi connectivity index (χ0v) is 11.2. The first-order chi connectivity index (χ1) is 8.84. The number of nitrogens with zero attached hydrogens (tertiary/aromatic N) is 2. The Bertz CT molecular complexity index is 310. The molecule has 2 N–H and O–H groups in total. The summed E-state index contributed by atoms with van der Waals surface area (Å²) in [7, 11) is 0. The molecular formula is C14H25N3O. The van der Waals surface area contributed by atoms with Gasteiger partial charge in [0.15, 0.2) is 5.96 Å². The lowest BCUT2D eigenvalue weighted by atomic mass is 9.90. The van der Waals surface area contributed by atoms with Gasteiger partial charge >= 0.3 is 0 Å². The quantitative estimate of drug-likeness (QED) is 0.572. The second-order valence-electron chi connectivity index (χ2n) is 5.88. The third kappa shape index (κ3) is 2.48. The fourth-order valence-electron chi connectivity index (χ4n) is 3.68. The van der Waals surface area contributed by atoms with Crippen LogP contribution in [0.3, 0.4) is 0 Å². The molecule has 0 aromatic rings. The normalized spacial score (nSPS) is 34.7. The first kappa shape index (κ1) is 12.3. The SMILES string of the molecule is NC(=NC1CCCC1)N1CCOC2CCCCC21. The molecule has 0 aromatic carbocycles. The van der Waals surface area contributed by atoms with Gasteiger partial charge in [-0.05, 0) is 25.7 Å². The molecule has 1 heterocycles. The zero-order valence-electron chi connectivity index (χ0n) is 11.2. The number of guanidine groups is 1. The number of rotatable bonds is 1. The Morgan fingerprint density at radius 2 is 1.78 bits per heavy atom. The van der Waals surface area contributed by atoms with Gasteiger partial charge < -0.3 is 15.4 Å². The number of ether oxygens (including phenoxy) is 1. The maximum atomic E-state index is 6.26. The van der Waals surface area contributed by atoms with E-state index < -0.39 is 0 Å². The van der Waals surface area contributed by atoms with Crippen molar-refractivity contribution >= 4 is 5.96 Å². The van der Waals surface area contributed by atoms with Crippen LogP contribution in [0.25, 0.3) is 0 Å². The summed E-state index contributed by atoms with van der Waals surface area (Å²) in [5, 5.41) is 0. The van der Waals surface area contributed by atoms with Crippen LogP contribution in [0.4, 0.5) is 0 Å². The molecule has 3 aliphatic rings. The number of morpholine rings is 1. The van der Waals surface area contributed by atoms with E-state index in [1.165, 1.54) is 51.4 Å². The van der Waals surface area contributed by atoms with Crippen molar-refractivity contribution in [1.82, 2.24) is 4.90 Å². The van der Waals surface area contributed by atoms with E-state index in [4.69, 9.17) is 15.5 Å². The lowest BCUT2D eigenvalue weighted by Gasteiger charge is -2.44. The molecule has 3 fully saturated rings. The van der Waals surface area contributed by atoms with E-state index >= 15 is 0 Å². The van der Waals surface area contributed by atoms with Crippen molar-refractivity contribution in [3.8, 4) is 0 Å². The molecule has 2 saturated carbocycles. The van der Waals surface area contributed by atoms with E-state index in [9.17, 15) is 0 Å². The van der Waals surface area contributed by atoms with Crippen LogP contribution in [0.1, 0.15) is 51.4 Å². The number of aliphatic imine (C=N–C) groups is 1. The van der Waals surface area contributed by atoms with E-state index in [0.717, 1.165) is 19.1 Å². The molecule has 2 aliphatic carbocycles. The maximum absolute atomic E-state index is 6.26. The second-order valence-corrected chi connectivity index (χ2v) is 5.88. The van der Waals surface area contributed by atoms with E-state index in [1.807, 2.05) is 0 Å². The summed E-state index contributed by atoms with van der Waals surface area (Å²) in [5.74, 6) is 0.780. The minimum absolute atomic E-state index is 0.393. The van der Waals surface area contributed by atoms with Crippen LogP contribution in [0, 0.1) is 0 Å². The molecule has 1 aliphatic heterocycles. The Balaban J connectivity index is 1.68. The Morgan fingerprint density at radius 3 is 2.61 bits per heavy atom. The highest BCUT2D eigenvalue weighted by molar-refractivity contribution is 5.78. The van der Waals surface area contributed by atoms with Crippen LogP contribution in [-0.4, -0.2) is 42.2 Å². The van der Waals surface area contributed by atoms with Gasteiger partial charge in [0, 0.05) is 6.54 Å². The molecule has 3 rings (SSSR count). The summed E-state index contributed by atoms with van der Waals surface area (Å²) in [4.78, 5) is 7.08. The molecule has 18 heavy (non-hydrogen) atoms. The van der Waals surface area contributed by atoms with Crippen LogP contribution in [0.5, 0.6) is 0 Å². The molecule has 4 heteroatoms. The minimum atomic E-state index is 0.393. The molecule has 0 spiro atoms. The van der Waals surface area contributed by atoms with Gasteiger partial charge in [0.05, 0.1) is 24.8 Å². The third-order valence-electron chi connectivity index (χ3n) is 4.67. The van der Waals surface area contributed by atoms with Gasteiger partial charge in [0.1, 0.15) is 0 Å². The molecular weight excluding hydrogens is 226 g/mol. The van der Waals surface area contributed by atoms with Gasteiger partial charge in [-0.25, -0.2) is 4.99 Å². The fourth-order valence-corrected chi connectivity index (χ4v) is 3.68. The first-order valence-corrected chi connectivity index (χ1v) is 7.56. The van der Waals surface area contributed by atoms with Crippen molar-refractivity contribution in [2.45, 2.75) is 69.6 Å². The third-order valence-corrected chi connectivity index (χ3v) is 4.67.